The van der Waals surface area contributed by atoms with Gasteiger partial charge in [-0.3, -0.25) is 9.69 Å². The average Bonchev–Trinajstić information content (AvgIpc) is 2.60. The molecule has 0 atom stereocenters. The fourth-order valence-electron chi connectivity index (χ4n) is 1.71. The highest BCUT2D eigenvalue weighted by Crippen LogP contribution is 2.20. The number of carbonyl (C=O) groups is 2. The van der Waals surface area contributed by atoms with Crippen LogP contribution in [0.25, 0.3) is 0 Å². The van der Waals surface area contributed by atoms with Crippen molar-refractivity contribution in [3.63, 3.8) is 0 Å². The number of hydrogen-bond donors (Lipinski definition) is 1. The Morgan fingerprint density at radius 3 is 2.69 bits per heavy atom. The molecule has 84 valence electrons. The third kappa shape index (κ3) is 1.71. The summed E-state index contributed by atoms with van der Waals surface area (Å²) in [7, 11) is 1.75. The standard InChI is InChI=1S/C11H13N3O2/c1-13-5-6-14(11(13)16)9-4-2-3-8(7-9)10(12)15/h2-4,7H,5-6H2,1H3,(H2,12,15). The predicted octanol–water partition coefficient (Wildman–Crippen LogP) is 0.657. The lowest BCUT2D eigenvalue weighted by atomic mass is 10.2. The van der Waals surface area contributed by atoms with Gasteiger partial charge in [-0.15, -0.1) is 0 Å². The van der Waals surface area contributed by atoms with Crippen LogP contribution in [0.1, 0.15) is 10.4 Å². The lowest BCUT2D eigenvalue weighted by molar-refractivity contribution is 0.1000. The van der Waals surface area contributed by atoms with E-state index in [2.05, 4.69) is 0 Å². The molecule has 2 rings (SSSR count). The number of amides is 3. The van der Waals surface area contributed by atoms with Crippen molar-refractivity contribution < 1.29 is 9.59 Å². The number of nitrogens with zero attached hydrogens (tertiary/aromatic N) is 2. The van der Waals surface area contributed by atoms with Gasteiger partial charge >= 0.3 is 6.03 Å². The number of urea groups is 1. The summed E-state index contributed by atoms with van der Waals surface area (Å²) < 4.78 is 0. The summed E-state index contributed by atoms with van der Waals surface area (Å²) in [6.07, 6.45) is 0. The van der Waals surface area contributed by atoms with E-state index in [1.165, 1.54) is 0 Å². The second-order valence-electron chi connectivity index (χ2n) is 3.77. The van der Waals surface area contributed by atoms with E-state index in [0.717, 1.165) is 0 Å². The van der Waals surface area contributed by atoms with E-state index in [1.807, 2.05) is 0 Å². The van der Waals surface area contributed by atoms with E-state index in [4.69, 9.17) is 5.73 Å². The number of rotatable bonds is 2. The molecule has 2 N–H and O–H groups in total. The summed E-state index contributed by atoms with van der Waals surface area (Å²) in [5, 5.41) is 0. The number of primary amides is 1. The molecule has 0 bridgehead atoms. The van der Waals surface area contributed by atoms with Crippen LogP contribution in [0, 0.1) is 0 Å². The number of hydrogen-bond acceptors (Lipinski definition) is 2. The summed E-state index contributed by atoms with van der Waals surface area (Å²) in [6.45, 7) is 1.33. The smallest absolute Gasteiger partial charge is 0.324 e. The third-order valence-electron chi connectivity index (χ3n) is 2.66. The highest BCUT2D eigenvalue weighted by molar-refractivity contribution is 5.97. The SMILES string of the molecule is CN1CCN(c2cccc(C(N)=O)c2)C1=O. The van der Waals surface area contributed by atoms with Crippen molar-refractivity contribution in [3.8, 4) is 0 Å². The Morgan fingerprint density at radius 2 is 2.12 bits per heavy atom. The molecule has 1 saturated heterocycles. The maximum Gasteiger partial charge on any atom is 0.324 e. The van der Waals surface area contributed by atoms with Gasteiger partial charge in [0.25, 0.3) is 0 Å². The maximum atomic E-state index is 11.7. The number of nitrogens with two attached hydrogens (primary N) is 1. The molecule has 0 radical (unpaired) electrons. The minimum atomic E-state index is -0.484. The molecular formula is C11H13N3O2. The number of anilines is 1. The zero-order valence-electron chi connectivity index (χ0n) is 9.01. The molecule has 1 aliphatic rings. The molecule has 0 unspecified atom stereocenters. The number of benzene rings is 1. The van der Waals surface area contributed by atoms with E-state index in [1.54, 1.807) is 41.1 Å². The zero-order valence-corrected chi connectivity index (χ0v) is 9.01. The Morgan fingerprint density at radius 1 is 1.38 bits per heavy atom. The molecule has 3 amide bonds. The molecule has 0 saturated carbocycles. The van der Waals surface area contributed by atoms with Crippen LogP contribution >= 0.6 is 0 Å². The molecule has 0 spiro atoms. The second kappa shape index (κ2) is 3.84. The van der Waals surface area contributed by atoms with Crippen molar-refractivity contribution in [2.75, 3.05) is 25.0 Å². The van der Waals surface area contributed by atoms with Gasteiger partial charge in [-0.1, -0.05) is 6.07 Å². The lowest BCUT2D eigenvalue weighted by Crippen LogP contribution is -2.29. The molecule has 1 heterocycles. The molecule has 5 heteroatoms. The van der Waals surface area contributed by atoms with E-state index < -0.39 is 5.91 Å². The quantitative estimate of drug-likeness (QED) is 0.793. The Hall–Kier alpha value is -2.04. The summed E-state index contributed by atoms with van der Waals surface area (Å²) in [5.41, 5.74) is 6.32. The van der Waals surface area contributed by atoms with Crippen LogP contribution in [0.15, 0.2) is 24.3 Å². The van der Waals surface area contributed by atoms with Crippen LogP contribution in [-0.4, -0.2) is 37.0 Å². The zero-order chi connectivity index (χ0) is 11.7. The van der Waals surface area contributed by atoms with Crippen LogP contribution in [0.5, 0.6) is 0 Å². The van der Waals surface area contributed by atoms with E-state index >= 15 is 0 Å². The summed E-state index contributed by atoms with van der Waals surface area (Å²) in [5.74, 6) is -0.484. The predicted molar refractivity (Wildman–Crippen MR) is 60.3 cm³/mol. The van der Waals surface area contributed by atoms with Crippen LogP contribution < -0.4 is 10.6 Å². The highest BCUT2D eigenvalue weighted by atomic mass is 16.2. The average molecular weight is 219 g/mol. The van der Waals surface area contributed by atoms with Gasteiger partial charge in [0.2, 0.25) is 5.91 Å². The topological polar surface area (TPSA) is 66.6 Å². The van der Waals surface area contributed by atoms with Crippen molar-refractivity contribution in [1.82, 2.24) is 4.90 Å². The summed E-state index contributed by atoms with van der Waals surface area (Å²) in [6, 6.07) is 6.74. The first-order valence-corrected chi connectivity index (χ1v) is 5.02. The monoisotopic (exact) mass is 219 g/mol. The second-order valence-corrected chi connectivity index (χ2v) is 3.77. The van der Waals surface area contributed by atoms with Crippen LogP contribution in [0.3, 0.4) is 0 Å². The van der Waals surface area contributed by atoms with E-state index in [0.29, 0.717) is 24.3 Å². The number of likely N-dealkylation sites (N-methyl/N-ethyl adjacent to an activating group) is 1. The Bertz CT molecular complexity index is 445. The lowest BCUT2D eigenvalue weighted by Gasteiger charge is -2.16. The van der Waals surface area contributed by atoms with Gasteiger partial charge < -0.3 is 10.6 Å². The van der Waals surface area contributed by atoms with Crippen molar-refractivity contribution >= 4 is 17.6 Å². The molecule has 1 aliphatic heterocycles. The van der Waals surface area contributed by atoms with Gasteiger partial charge in [0, 0.05) is 31.4 Å². The van der Waals surface area contributed by atoms with Gasteiger partial charge in [-0.2, -0.15) is 0 Å². The van der Waals surface area contributed by atoms with Crippen molar-refractivity contribution in [2.24, 2.45) is 5.73 Å². The normalized spacial score (nSPS) is 15.7. The fourth-order valence-corrected chi connectivity index (χ4v) is 1.71. The van der Waals surface area contributed by atoms with Gasteiger partial charge in [0.1, 0.15) is 0 Å². The van der Waals surface area contributed by atoms with Gasteiger partial charge in [-0.05, 0) is 18.2 Å². The molecule has 16 heavy (non-hydrogen) atoms. The van der Waals surface area contributed by atoms with Gasteiger partial charge in [0.15, 0.2) is 0 Å². The first-order valence-electron chi connectivity index (χ1n) is 5.02. The van der Waals surface area contributed by atoms with Crippen molar-refractivity contribution in [1.29, 1.82) is 0 Å². The Kier molecular flexibility index (Phi) is 2.52. The van der Waals surface area contributed by atoms with E-state index in [-0.39, 0.29) is 6.03 Å². The van der Waals surface area contributed by atoms with Crippen molar-refractivity contribution in [2.45, 2.75) is 0 Å². The van der Waals surface area contributed by atoms with Crippen molar-refractivity contribution in [3.05, 3.63) is 29.8 Å². The first-order chi connectivity index (χ1) is 7.59. The minimum absolute atomic E-state index is 0.0541. The Balaban J connectivity index is 2.31. The largest absolute Gasteiger partial charge is 0.366 e. The van der Waals surface area contributed by atoms with Gasteiger partial charge in [-0.25, -0.2) is 4.79 Å². The molecule has 1 aromatic carbocycles. The third-order valence-corrected chi connectivity index (χ3v) is 2.66. The molecule has 0 aliphatic carbocycles. The molecule has 1 aromatic rings. The first kappa shape index (κ1) is 10.5. The summed E-state index contributed by atoms with van der Waals surface area (Å²) in [4.78, 5) is 26.0. The molecule has 1 fully saturated rings. The minimum Gasteiger partial charge on any atom is -0.366 e. The van der Waals surface area contributed by atoms with Crippen LogP contribution in [0.2, 0.25) is 0 Å². The molecule has 0 aromatic heterocycles. The summed E-state index contributed by atoms with van der Waals surface area (Å²) >= 11 is 0. The fraction of sp³-hybridized carbons (Fsp3) is 0.273. The van der Waals surface area contributed by atoms with Gasteiger partial charge in [0.05, 0.1) is 0 Å². The van der Waals surface area contributed by atoms with Crippen LogP contribution in [0.4, 0.5) is 10.5 Å². The highest BCUT2D eigenvalue weighted by Gasteiger charge is 2.26. The Labute approximate surface area is 93.4 Å². The number of carbonyl (C=O) groups excluding carboxylic acids is 2. The molecule has 5 nitrogen and oxygen atoms in total. The van der Waals surface area contributed by atoms with Crippen LogP contribution in [-0.2, 0) is 0 Å². The van der Waals surface area contributed by atoms with E-state index in [9.17, 15) is 9.59 Å². The maximum absolute atomic E-state index is 11.7. The molecular weight excluding hydrogens is 206 g/mol.